The minimum Gasteiger partial charge on any atom is -0.465 e. The molecule has 0 radical (unpaired) electrons. The van der Waals surface area contributed by atoms with Crippen molar-refractivity contribution in [3.63, 3.8) is 0 Å². The number of para-hydroxylation sites is 1. The molecule has 0 saturated carbocycles. The summed E-state index contributed by atoms with van der Waals surface area (Å²) in [4.78, 5) is 23.5. The molecule has 0 aliphatic carbocycles. The summed E-state index contributed by atoms with van der Waals surface area (Å²) in [6, 6.07) is 6.84. The van der Waals surface area contributed by atoms with Crippen molar-refractivity contribution in [2.75, 3.05) is 12.4 Å². The van der Waals surface area contributed by atoms with Crippen LogP contribution in [0.2, 0.25) is 0 Å². The van der Waals surface area contributed by atoms with Crippen molar-refractivity contribution in [2.45, 2.75) is 45.4 Å². The van der Waals surface area contributed by atoms with E-state index in [1.807, 2.05) is 0 Å². The Morgan fingerprint density at radius 2 is 1.83 bits per heavy atom. The Labute approximate surface area is 142 Å². The number of benzene rings is 1. The fourth-order valence-corrected chi connectivity index (χ4v) is 2.34. The molecule has 0 aliphatic heterocycles. The summed E-state index contributed by atoms with van der Waals surface area (Å²) in [7, 11) is 1.32. The first kappa shape index (κ1) is 19.1. The Balaban J connectivity index is 2.45. The average molecular weight is 336 g/mol. The molecule has 0 fully saturated rings. The van der Waals surface area contributed by atoms with Crippen molar-refractivity contribution in [3.8, 4) is 0 Å². The first-order valence-electron chi connectivity index (χ1n) is 7.86. The van der Waals surface area contributed by atoms with Crippen molar-refractivity contribution in [1.29, 1.82) is 0 Å². The molecule has 1 rings (SSSR count). The number of carbonyl (C=O) groups is 2. The number of hydrogen-bond acceptors (Lipinski definition) is 4. The second kappa shape index (κ2) is 10.7. The van der Waals surface area contributed by atoms with Crippen molar-refractivity contribution < 1.29 is 14.3 Å². The SMILES string of the molecule is CCCCCCCC(=O)NC(=S)Nc1ccccc1C(=O)OC. The number of amides is 1. The monoisotopic (exact) mass is 336 g/mol. The molecule has 0 aliphatic rings. The second-order valence-corrected chi connectivity index (χ2v) is 5.61. The van der Waals surface area contributed by atoms with Crippen LogP contribution in [0.25, 0.3) is 0 Å². The Kier molecular flexibility index (Phi) is 8.90. The van der Waals surface area contributed by atoms with Crippen LogP contribution in [0.4, 0.5) is 5.69 Å². The normalized spacial score (nSPS) is 10.0. The quantitative estimate of drug-likeness (QED) is 0.431. The standard InChI is InChI=1S/C17H24N2O3S/c1-3-4-5-6-7-12-15(20)19-17(23)18-14-11-9-8-10-13(14)16(21)22-2/h8-11H,3-7,12H2,1-2H3,(H2,18,19,20,23). The molecule has 0 bridgehead atoms. The Bertz CT molecular complexity index is 546. The van der Waals surface area contributed by atoms with Crippen LogP contribution in [0.1, 0.15) is 55.8 Å². The highest BCUT2D eigenvalue weighted by molar-refractivity contribution is 7.80. The topological polar surface area (TPSA) is 67.4 Å². The van der Waals surface area contributed by atoms with Gasteiger partial charge in [0.1, 0.15) is 0 Å². The predicted molar refractivity (Wildman–Crippen MR) is 95.5 cm³/mol. The van der Waals surface area contributed by atoms with E-state index >= 15 is 0 Å². The van der Waals surface area contributed by atoms with Crippen LogP contribution < -0.4 is 10.6 Å². The summed E-state index contributed by atoms with van der Waals surface area (Å²) in [6.45, 7) is 2.16. The lowest BCUT2D eigenvalue weighted by Crippen LogP contribution is -2.34. The Morgan fingerprint density at radius 3 is 2.52 bits per heavy atom. The van der Waals surface area contributed by atoms with Gasteiger partial charge in [-0.25, -0.2) is 4.79 Å². The molecule has 5 nitrogen and oxygen atoms in total. The van der Waals surface area contributed by atoms with Gasteiger partial charge in [-0.1, -0.05) is 44.7 Å². The van der Waals surface area contributed by atoms with Crippen molar-refractivity contribution in [1.82, 2.24) is 5.32 Å². The fourth-order valence-electron chi connectivity index (χ4n) is 2.11. The molecule has 0 aromatic heterocycles. The van der Waals surface area contributed by atoms with Crippen LogP contribution in [-0.4, -0.2) is 24.1 Å². The van der Waals surface area contributed by atoms with E-state index in [1.54, 1.807) is 24.3 Å². The molecule has 0 spiro atoms. The molecule has 23 heavy (non-hydrogen) atoms. The highest BCUT2D eigenvalue weighted by Gasteiger charge is 2.12. The van der Waals surface area contributed by atoms with Crippen LogP contribution in [-0.2, 0) is 9.53 Å². The molecular formula is C17H24N2O3S. The number of unbranched alkanes of at least 4 members (excludes halogenated alkanes) is 4. The van der Waals surface area contributed by atoms with Gasteiger partial charge in [-0.3, -0.25) is 4.79 Å². The summed E-state index contributed by atoms with van der Waals surface area (Å²) in [5, 5.41) is 5.68. The summed E-state index contributed by atoms with van der Waals surface area (Å²) in [5.41, 5.74) is 0.874. The number of thiocarbonyl (C=S) groups is 1. The first-order valence-corrected chi connectivity index (χ1v) is 8.27. The maximum atomic E-state index is 11.8. The number of esters is 1. The number of rotatable bonds is 8. The summed E-state index contributed by atoms with van der Waals surface area (Å²) in [5.74, 6) is -0.576. The molecule has 2 N–H and O–H groups in total. The lowest BCUT2D eigenvalue weighted by Gasteiger charge is -2.12. The zero-order chi connectivity index (χ0) is 17.1. The summed E-state index contributed by atoms with van der Waals surface area (Å²) < 4.78 is 4.72. The van der Waals surface area contributed by atoms with Gasteiger partial charge in [0, 0.05) is 6.42 Å². The first-order chi connectivity index (χ1) is 11.1. The summed E-state index contributed by atoms with van der Waals surface area (Å²) in [6.07, 6.45) is 5.88. The molecule has 0 atom stereocenters. The van der Waals surface area contributed by atoms with Gasteiger partial charge in [-0.05, 0) is 30.8 Å². The molecule has 1 amide bonds. The predicted octanol–water partition coefficient (Wildman–Crippen LogP) is 3.65. The molecule has 1 aromatic carbocycles. The van der Waals surface area contributed by atoms with Crippen molar-refractivity contribution in [3.05, 3.63) is 29.8 Å². The van der Waals surface area contributed by atoms with E-state index in [2.05, 4.69) is 17.6 Å². The lowest BCUT2D eigenvalue weighted by atomic mass is 10.1. The molecule has 1 aromatic rings. The van der Waals surface area contributed by atoms with Crippen LogP contribution in [0.3, 0.4) is 0 Å². The lowest BCUT2D eigenvalue weighted by molar-refractivity contribution is -0.119. The van der Waals surface area contributed by atoms with E-state index in [1.165, 1.54) is 20.0 Å². The van der Waals surface area contributed by atoms with Crippen LogP contribution in [0.5, 0.6) is 0 Å². The number of methoxy groups -OCH3 is 1. The minimum atomic E-state index is -0.460. The van der Waals surface area contributed by atoms with E-state index in [0.29, 0.717) is 17.7 Å². The van der Waals surface area contributed by atoms with E-state index in [9.17, 15) is 9.59 Å². The third-order valence-electron chi connectivity index (χ3n) is 3.34. The van der Waals surface area contributed by atoms with E-state index in [0.717, 1.165) is 19.3 Å². The third kappa shape index (κ3) is 7.23. The average Bonchev–Trinajstić information content (AvgIpc) is 2.54. The highest BCUT2D eigenvalue weighted by atomic mass is 32.1. The van der Waals surface area contributed by atoms with Gasteiger partial charge < -0.3 is 15.4 Å². The van der Waals surface area contributed by atoms with Gasteiger partial charge >= 0.3 is 5.97 Å². The third-order valence-corrected chi connectivity index (χ3v) is 3.55. The van der Waals surface area contributed by atoms with Gasteiger partial charge in [0.2, 0.25) is 5.91 Å². The molecule has 6 heteroatoms. The van der Waals surface area contributed by atoms with Crippen molar-refractivity contribution >= 4 is 34.9 Å². The summed E-state index contributed by atoms with van der Waals surface area (Å²) >= 11 is 5.12. The zero-order valence-electron chi connectivity index (χ0n) is 13.7. The van der Waals surface area contributed by atoms with Crippen LogP contribution in [0.15, 0.2) is 24.3 Å². The molecule has 126 valence electrons. The zero-order valence-corrected chi connectivity index (χ0v) is 14.5. The van der Waals surface area contributed by atoms with E-state index < -0.39 is 5.97 Å². The van der Waals surface area contributed by atoms with Gasteiger partial charge in [-0.15, -0.1) is 0 Å². The molecule has 0 unspecified atom stereocenters. The van der Waals surface area contributed by atoms with Gasteiger partial charge in [0.15, 0.2) is 5.11 Å². The number of nitrogens with one attached hydrogen (secondary N) is 2. The fraction of sp³-hybridized carbons (Fsp3) is 0.471. The number of anilines is 1. The number of hydrogen-bond donors (Lipinski definition) is 2. The molecule has 0 saturated heterocycles. The highest BCUT2D eigenvalue weighted by Crippen LogP contribution is 2.15. The maximum absolute atomic E-state index is 11.8. The molecule has 0 heterocycles. The van der Waals surface area contributed by atoms with E-state index in [-0.39, 0.29) is 11.0 Å². The van der Waals surface area contributed by atoms with Gasteiger partial charge in [-0.2, -0.15) is 0 Å². The largest absolute Gasteiger partial charge is 0.465 e. The Morgan fingerprint density at radius 1 is 1.13 bits per heavy atom. The van der Waals surface area contributed by atoms with Gasteiger partial charge in [0.05, 0.1) is 18.4 Å². The van der Waals surface area contributed by atoms with Crippen molar-refractivity contribution in [2.24, 2.45) is 0 Å². The molecular weight excluding hydrogens is 312 g/mol. The number of carbonyl (C=O) groups excluding carboxylic acids is 2. The van der Waals surface area contributed by atoms with E-state index in [4.69, 9.17) is 17.0 Å². The minimum absolute atomic E-state index is 0.116. The second-order valence-electron chi connectivity index (χ2n) is 5.20. The van der Waals surface area contributed by atoms with Crippen LogP contribution >= 0.6 is 12.2 Å². The smallest absolute Gasteiger partial charge is 0.339 e. The van der Waals surface area contributed by atoms with Crippen LogP contribution in [0, 0.1) is 0 Å². The maximum Gasteiger partial charge on any atom is 0.339 e. The Hall–Kier alpha value is -1.95. The van der Waals surface area contributed by atoms with Gasteiger partial charge in [0.25, 0.3) is 0 Å². The number of ether oxygens (including phenoxy) is 1.